The largest absolute Gasteiger partial charge is 0.312 e. The van der Waals surface area contributed by atoms with Crippen LogP contribution in [-0.2, 0) is 7.05 Å². The minimum absolute atomic E-state index is 0.444. The minimum atomic E-state index is 0.444. The number of aryl methyl sites for hydroxylation is 6. The van der Waals surface area contributed by atoms with Gasteiger partial charge in [-0.3, -0.25) is 15.0 Å². The topological polar surface area (TPSA) is 134 Å². The van der Waals surface area contributed by atoms with Crippen LogP contribution in [0.4, 0.5) is 0 Å². The van der Waals surface area contributed by atoms with Gasteiger partial charge in [0.05, 0.1) is 38.5 Å². The van der Waals surface area contributed by atoms with Crippen molar-refractivity contribution in [2.24, 2.45) is 7.05 Å². The van der Waals surface area contributed by atoms with Crippen molar-refractivity contribution in [3.8, 4) is 0 Å². The maximum Gasteiger partial charge on any atom is 0.167 e. The Balaban J connectivity index is 0.000000301. The molecule has 5 rings (SSSR count). The van der Waals surface area contributed by atoms with Gasteiger partial charge in [-0.1, -0.05) is 65.8 Å². The smallest absolute Gasteiger partial charge is 0.167 e. The Bertz CT molecular complexity index is 2350. The molecule has 11 nitrogen and oxygen atoms in total. The average molecular weight is 646 g/mol. The van der Waals surface area contributed by atoms with E-state index < -0.39 is 0 Å². The van der Waals surface area contributed by atoms with E-state index in [1.54, 1.807) is 4.57 Å². The van der Waals surface area contributed by atoms with Crippen LogP contribution in [0.5, 0.6) is 0 Å². The van der Waals surface area contributed by atoms with Crippen molar-refractivity contribution in [1.29, 1.82) is 0 Å². The molecule has 0 aliphatic rings. The quantitative estimate of drug-likeness (QED) is 0.192. The van der Waals surface area contributed by atoms with Gasteiger partial charge in [-0.25, -0.2) is 15.0 Å². The van der Waals surface area contributed by atoms with Crippen LogP contribution in [0.2, 0.25) is 0 Å². The first-order valence-electron chi connectivity index (χ1n) is 14.7. The van der Waals surface area contributed by atoms with E-state index in [1.165, 1.54) is 5.56 Å². The zero-order valence-corrected chi connectivity index (χ0v) is 30.0. The van der Waals surface area contributed by atoms with Gasteiger partial charge in [-0.05, 0) is 71.7 Å². The van der Waals surface area contributed by atoms with Crippen LogP contribution >= 0.6 is 0 Å². The first-order valence-corrected chi connectivity index (χ1v) is 14.7. The van der Waals surface area contributed by atoms with Crippen molar-refractivity contribution in [1.82, 2.24) is 54.9 Å². The zero-order valence-electron chi connectivity index (χ0n) is 30.0. The van der Waals surface area contributed by atoms with Crippen LogP contribution in [0, 0.1) is 55.4 Å². The molecule has 0 aromatic carbocycles. The number of pyridine rings is 1. The van der Waals surface area contributed by atoms with Crippen LogP contribution < -0.4 is 53.8 Å². The number of nitrogens with zero attached hydrogens (tertiary/aromatic N) is 11. The summed E-state index contributed by atoms with van der Waals surface area (Å²) in [5.74, 6) is 0. The SMILES string of the molecule is C=c1nc(C)c(=C)c(C)c1C.C=c1nc(C)c(=C)c(C)n1.C=c1nc(C)c(=C)nc1C.C=c1nnc(=C)c(C)n1.C=c1nnc(=C)n1C. The third-order valence-corrected chi connectivity index (χ3v) is 7.15. The first-order chi connectivity index (χ1) is 22.2. The number of hydrogen-bond acceptors (Lipinski definition) is 10. The summed E-state index contributed by atoms with van der Waals surface area (Å²) >= 11 is 0. The Morgan fingerprint density at radius 1 is 0.354 bits per heavy atom. The molecule has 0 fully saturated rings. The maximum absolute atomic E-state index is 4.26. The van der Waals surface area contributed by atoms with Crippen LogP contribution in [0.25, 0.3) is 65.8 Å². The van der Waals surface area contributed by atoms with Gasteiger partial charge in [-0.2, -0.15) is 0 Å². The molecule has 5 aromatic heterocycles. The van der Waals surface area contributed by atoms with E-state index in [2.05, 4.69) is 123 Å². The molecular formula is C37H47N11. The summed E-state index contributed by atoms with van der Waals surface area (Å²) in [5, 5.41) is 19.5. The predicted molar refractivity (Wildman–Crippen MR) is 198 cm³/mol. The van der Waals surface area contributed by atoms with Gasteiger partial charge >= 0.3 is 0 Å². The summed E-state index contributed by atoms with van der Waals surface area (Å²) in [6.07, 6.45) is 0. The second-order valence-corrected chi connectivity index (χ2v) is 10.8. The van der Waals surface area contributed by atoms with E-state index in [0.29, 0.717) is 27.3 Å². The molecule has 0 saturated heterocycles. The number of hydrogen-bond donors (Lipinski definition) is 0. The summed E-state index contributed by atoms with van der Waals surface area (Å²) in [5.41, 5.74) is 9.99. The van der Waals surface area contributed by atoms with Crippen LogP contribution in [0.3, 0.4) is 0 Å². The molecule has 0 aliphatic heterocycles. The summed E-state index contributed by atoms with van der Waals surface area (Å²) in [7, 11) is 1.82. The van der Waals surface area contributed by atoms with Gasteiger partial charge in [0.2, 0.25) is 0 Å². The van der Waals surface area contributed by atoms with Crippen molar-refractivity contribution in [2.75, 3.05) is 0 Å². The van der Waals surface area contributed by atoms with Crippen LogP contribution in [0.15, 0.2) is 0 Å². The lowest BCUT2D eigenvalue weighted by Crippen LogP contribution is -2.23. The van der Waals surface area contributed by atoms with E-state index in [9.17, 15) is 0 Å². The highest BCUT2D eigenvalue weighted by atomic mass is 15.2. The van der Waals surface area contributed by atoms with Crippen molar-refractivity contribution >= 4 is 65.8 Å². The van der Waals surface area contributed by atoms with E-state index >= 15 is 0 Å². The molecule has 11 heteroatoms. The van der Waals surface area contributed by atoms with Crippen molar-refractivity contribution < 1.29 is 0 Å². The van der Waals surface area contributed by atoms with Crippen molar-refractivity contribution in [2.45, 2.75) is 55.4 Å². The molecule has 0 N–H and O–H groups in total. The Hall–Kier alpha value is -5.84. The molecule has 0 spiro atoms. The van der Waals surface area contributed by atoms with Gasteiger partial charge < -0.3 is 4.57 Å². The average Bonchev–Trinajstić information content (AvgIpc) is 3.30. The van der Waals surface area contributed by atoms with Crippen LogP contribution in [0.1, 0.15) is 45.3 Å². The Morgan fingerprint density at radius 2 is 0.729 bits per heavy atom. The molecule has 0 aliphatic carbocycles. The van der Waals surface area contributed by atoms with E-state index in [4.69, 9.17) is 0 Å². The van der Waals surface area contributed by atoms with E-state index in [0.717, 1.165) is 66.2 Å². The van der Waals surface area contributed by atoms with Gasteiger partial charge in [0, 0.05) is 29.3 Å². The van der Waals surface area contributed by atoms with Crippen molar-refractivity contribution in [3.05, 3.63) is 99.0 Å². The van der Waals surface area contributed by atoms with Gasteiger partial charge in [0.15, 0.2) is 5.48 Å². The molecule has 0 saturated carbocycles. The Morgan fingerprint density at radius 3 is 1.10 bits per heavy atom. The van der Waals surface area contributed by atoms with Gasteiger partial charge in [0.1, 0.15) is 16.4 Å². The molecule has 0 amide bonds. The third-order valence-electron chi connectivity index (χ3n) is 7.15. The molecule has 0 bridgehead atoms. The standard InChI is InChI=1S/C10H13N.2C8H10N2.C6H7N3.C5H7N3/c1-6-7(2)9(4)11-10(5)8(6)3;1-5-6(2)10-8(4)7(3)9-5;1-5-6(2)9-8(4)10-7(5)3;1-4-5(2)8-9-6(3)7-4;1-4-6-7-5(2)8(4)3/h2,5H2,1,3-4H3;2*1,4H2,2-3H3;2-3H2,1H3;1-2H2,3H3. The highest BCUT2D eigenvalue weighted by Crippen LogP contribution is 1.92. The summed E-state index contributed by atoms with van der Waals surface area (Å²) < 4.78 is 1.72. The Labute approximate surface area is 281 Å². The fraction of sp³-hybridized carbons (Fsp3) is 0.243. The molecule has 5 heterocycles. The molecule has 0 unspecified atom stereocenters. The highest BCUT2D eigenvalue weighted by molar-refractivity contribution is 5.30. The lowest BCUT2D eigenvalue weighted by molar-refractivity contribution is 0.842. The lowest BCUT2D eigenvalue weighted by Gasteiger charge is -2.02. The van der Waals surface area contributed by atoms with Gasteiger partial charge in [-0.15, -0.1) is 20.4 Å². The molecular weight excluding hydrogens is 598 g/mol. The predicted octanol–water partition coefficient (Wildman–Crippen LogP) is -1.71. The summed E-state index contributed by atoms with van der Waals surface area (Å²) in [4.78, 5) is 24.6. The molecule has 0 atom stereocenters. The third kappa shape index (κ3) is 11.8. The molecule has 48 heavy (non-hydrogen) atoms. The van der Waals surface area contributed by atoms with Gasteiger partial charge in [0.25, 0.3) is 0 Å². The molecule has 0 radical (unpaired) electrons. The maximum atomic E-state index is 4.26. The lowest BCUT2D eigenvalue weighted by atomic mass is 10.1. The summed E-state index contributed by atoms with van der Waals surface area (Å²) in [6.45, 7) is 52.4. The molecule has 250 valence electrons. The second kappa shape index (κ2) is 17.7. The second-order valence-electron chi connectivity index (χ2n) is 10.8. The number of rotatable bonds is 0. The number of aromatic nitrogens is 11. The highest BCUT2D eigenvalue weighted by Gasteiger charge is 1.98. The van der Waals surface area contributed by atoms with Crippen LogP contribution in [-0.4, -0.2) is 54.9 Å². The van der Waals surface area contributed by atoms with Crippen molar-refractivity contribution in [3.63, 3.8) is 0 Å². The fourth-order valence-corrected chi connectivity index (χ4v) is 3.44. The zero-order chi connectivity index (χ0) is 37.0. The minimum Gasteiger partial charge on any atom is -0.312 e. The van der Waals surface area contributed by atoms with E-state index in [1.807, 2.05) is 55.5 Å². The van der Waals surface area contributed by atoms with E-state index in [-0.39, 0.29) is 0 Å². The Kier molecular flexibility index (Phi) is 14.9. The normalized spacial score (nSPS) is 9.77. The fourth-order valence-electron chi connectivity index (χ4n) is 3.44. The monoisotopic (exact) mass is 645 g/mol. The first kappa shape index (κ1) is 40.2. The summed E-state index contributed by atoms with van der Waals surface area (Å²) in [6, 6.07) is 0. The molecule has 5 aromatic rings.